The third kappa shape index (κ3) is 38.8. The van der Waals surface area contributed by atoms with Gasteiger partial charge in [-0.05, 0) is 123 Å². The Labute approximate surface area is 811 Å². The van der Waals surface area contributed by atoms with Crippen LogP contribution in [0.2, 0.25) is 0 Å². The molecule has 22 amide bonds. The van der Waals surface area contributed by atoms with Crippen molar-refractivity contribution in [3.8, 4) is 11.5 Å². The average molecular weight is 2000 g/mol. The summed E-state index contributed by atoms with van der Waals surface area (Å²) in [5.41, 5.74) is 39.7. The molecular formula is C88H135N23O24S3. The van der Waals surface area contributed by atoms with E-state index in [1.54, 1.807) is 39.8 Å². The van der Waals surface area contributed by atoms with Crippen molar-refractivity contribution in [2.75, 3.05) is 56.2 Å². The predicted molar refractivity (Wildman–Crippen MR) is 507 cm³/mol. The number of phenols is 2. The Balaban J connectivity index is 0.000000487. The van der Waals surface area contributed by atoms with E-state index in [9.17, 15) is 116 Å². The monoisotopic (exact) mass is 1990 g/mol. The largest absolute Gasteiger partial charge is 0.508 e. The van der Waals surface area contributed by atoms with Crippen LogP contribution >= 0.6 is 33.3 Å². The number of likely N-dealkylation sites (tertiary alicyclic amines) is 2. The van der Waals surface area contributed by atoms with Gasteiger partial charge in [0.2, 0.25) is 130 Å². The first-order valence-corrected chi connectivity index (χ1v) is 49.3. The van der Waals surface area contributed by atoms with E-state index in [-0.39, 0.29) is 117 Å². The molecule has 4 heterocycles. The molecule has 0 aromatic heterocycles. The third-order valence-electron chi connectivity index (χ3n) is 23.2. The van der Waals surface area contributed by atoms with Gasteiger partial charge in [-0.25, -0.2) is 0 Å². The van der Waals surface area contributed by atoms with E-state index < -0.39 is 278 Å². The smallest absolute Gasteiger partial charge is 0.246 e. The van der Waals surface area contributed by atoms with Crippen LogP contribution in [0.4, 0.5) is 0 Å². The molecule has 29 N–H and O–H groups in total. The molecule has 2 aromatic rings. The molecule has 764 valence electrons. The number of nitrogens with two attached hydrogens (primary N) is 7. The Hall–Kier alpha value is -12.6. The Morgan fingerprint density at radius 2 is 0.819 bits per heavy atom. The Kier molecular flexibility index (Phi) is 48.3. The Bertz CT molecular complexity index is 4650. The summed E-state index contributed by atoms with van der Waals surface area (Å²) in [6, 6.07) is -8.30. The summed E-state index contributed by atoms with van der Waals surface area (Å²) >= 11 is 1.18. The maximum absolute atomic E-state index is 14.5. The van der Waals surface area contributed by atoms with Gasteiger partial charge in [-0.2, -0.15) is 11.8 Å². The molecule has 0 aliphatic carbocycles. The van der Waals surface area contributed by atoms with E-state index in [1.807, 2.05) is 27.7 Å². The molecule has 4 fully saturated rings. The van der Waals surface area contributed by atoms with Crippen molar-refractivity contribution in [3.63, 3.8) is 0 Å². The first-order valence-electron chi connectivity index (χ1n) is 45.6. The fraction of sp³-hybridized carbons (Fsp3) is 0.614. The van der Waals surface area contributed by atoms with Gasteiger partial charge in [0.15, 0.2) is 0 Å². The summed E-state index contributed by atoms with van der Waals surface area (Å²) in [6.45, 7) is 13.3. The topological polar surface area (TPSA) is 764 Å². The number of aromatic hydroxyl groups is 2. The molecule has 0 saturated carbocycles. The highest BCUT2D eigenvalue weighted by Crippen LogP contribution is 2.28. The lowest BCUT2D eigenvalue weighted by molar-refractivity contribution is -0.142. The lowest BCUT2D eigenvalue weighted by Crippen LogP contribution is -2.61. The molecule has 17 atom stereocenters. The van der Waals surface area contributed by atoms with Crippen molar-refractivity contribution < 1.29 is 116 Å². The van der Waals surface area contributed by atoms with E-state index in [2.05, 4.69) is 69.1 Å². The second-order valence-electron chi connectivity index (χ2n) is 35.3. The number of benzene rings is 2. The number of rotatable bonds is 34. The second-order valence-corrected chi connectivity index (χ2v) is 39.0. The van der Waals surface area contributed by atoms with Gasteiger partial charge in [0.1, 0.15) is 96.1 Å². The van der Waals surface area contributed by atoms with Crippen LogP contribution in [0.25, 0.3) is 0 Å². The highest BCUT2D eigenvalue weighted by atomic mass is 33.1. The van der Waals surface area contributed by atoms with E-state index >= 15 is 0 Å². The number of hydrogen-bond donors (Lipinski definition) is 22. The molecule has 47 nitrogen and oxygen atoms in total. The summed E-state index contributed by atoms with van der Waals surface area (Å²) in [7, 11) is 3.49. The van der Waals surface area contributed by atoms with Crippen LogP contribution in [-0.4, -0.2) is 302 Å². The molecule has 4 aliphatic heterocycles. The number of thioether (sulfide) groups is 1. The lowest BCUT2D eigenvalue weighted by atomic mass is 9.96. The number of primary amides is 6. The molecule has 138 heavy (non-hydrogen) atoms. The van der Waals surface area contributed by atoms with Crippen molar-refractivity contribution in [1.82, 2.24) is 83.8 Å². The Morgan fingerprint density at radius 1 is 0.442 bits per heavy atom. The van der Waals surface area contributed by atoms with Crippen LogP contribution in [0.3, 0.4) is 0 Å². The normalized spacial score (nSPS) is 23.8. The first kappa shape index (κ1) is 116. The number of carbonyl (C=O) groups excluding carboxylic acids is 22. The van der Waals surface area contributed by atoms with E-state index in [0.717, 1.165) is 21.6 Å². The zero-order valence-electron chi connectivity index (χ0n) is 79.0. The summed E-state index contributed by atoms with van der Waals surface area (Å²) in [5, 5.41) is 53.0. The van der Waals surface area contributed by atoms with Gasteiger partial charge in [0, 0.05) is 69.5 Å². The second kappa shape index (κ2) is 57.6. The molecule has 0 unspecified atom stereocenters. The van der Waals surface area contributed by atoms with Crippen molar-refractivity contribution in [3.05, 3.63) is 59.7 Å². The lowest BCUT2D eigenvalue weighted by Gasteiger charge is -2.32. The third-order valence-corrected chi connectivity index (χ3v) is 26.7. The fourth-order valence-corrected chi connectivity index (χ4v) is 18.4. The number of amides is 22. The van der Waals surface area contributed by atoms with Gasteiger partial charge >= 0.3 is 0 Å². The molecule has 2 aromatic carbocycles. The van der Waals surface area contributed by atoms with Gasteiger partial charge in [0.25, 0.3) is 0 Å². The highest BCUT2D eigenvalue weighted by molar-refractivity contribution is 8.76. The van der Waals surface area contributed by atoms with Crippen molar-refractivity contribution in [1.29, 1.82) is 0 Å². The number of hydrogen-bond acceptors (Lipinski definition) is 28. The summed E-state index contributed by atoms with van der Waals surface area (Å²) in [4.78, 5) is 298. The number of nitrogens with one attached hydrogen (secondary N) is 13. The van der Waals surface area contributed by atoms with Crippen LogP contribution in [-0.2, 0) is 118 Å². The SMILES string of the molecule is CC[C@H](C)[C@@H]1NC(=O)[C@H](Cc2ccc(O)cc2)N(C)C(=O)CCCSC[C@@H](C(=O)N2CCC[C@H]2C(=O)N[C@@H](CC(C)C)C(=O)NCC(N)=O)NC(=O)[C@H](CC(N)=O)NC(=O)[C@H](CCC(N)=O)NC1=O.CC[C@H](C)[C@@H]1NC(=O)[C@H](Cc2ccc(O)cc2)NC(=O)[C@@H](N)CSSC[C@@H](C(=O)N2CCC[C@H]2C(=O)N[C@@H](CC(C)C)C(=O)NCC(N)=O)NC(=O)[C@H](CC(N)=O)NC(=O)[C@H](CCC(N)=O)NC1=O. The fourth-order valence-electron chi connectivity index (χ4n) is 15.2. The molecule has 0 bridgehead atoms. The molecule has 4 saturated heterocycles. The van der Waals surface area contributed by atoms with Gasteiger partial charge in [-0.1, -0.05) is 114 Å². The van der Waals surface area contributed by atoms with Crippen LogP contribution in [0.1, 0.15) is 169 Å². The predicted octanol–water partition coefficient (Wildman–Crippen LogP) is -6.07. The molecule has 0 spiro atoms. The summed E-state index contributed by atoms with van der Waals surface area (Å²) < 4.78 is 0. The van der Waals surface area contributed by atoms with Crippen molar-refractivity contribution >= 4 is 163 Å². The number of carbonyl (C=O) groups is 22. The minimum Gasteiger partial charge on any atom is -0.508 e. The average Bonchev–Trinajstić information content (AvgIpc) is 1.25. The van der Waals surface area contributed by atoms with Gasteiger partial charge < -0.3 is 134 Å². The molecule has 50 heteroatoms. The van der Waals surface area contributed by atoms with E-state index in [1.165, 1.54) is 69.9 Å². The summed E-state index contributed by atoms with van der Waals surface area (Å²) in [6.07, 6.45) is -0.958. The van der Waals surface area contributed by atoms with Crippen LogP contribution in [0.5, 0.6) is 11.5 Å². The zero-order chi connectivity index (χ0) is 103. The zero-order valence-corrected chi connectivity index (χ0v) is 81.4. The van der Waals surface area contributed by atoms with Crippen molar-refractivity contribution in [2.24, 2.45) is 63.8 Å². The van der Waals surface area contributed by atoms with Crippen LogP contribution < -0.4 is 109 Å². The van der Waals surface area contributed by atoms with Crippen LogP contribution in [0.15, 0.2) is 48.5 Å². The number of likely N-dealkylation sites (N-methyl/N-ethyl adjacent to an activating group) is 1. The van der Waals surface area contributed by atoms with Gasteiger partial charge in [-0.15, -0.1) is 0 Å². The summed E-state index contributed by atoms with van der Waals surface area (Å²) in [5.74, 6) is -19.6. The van der Waals surface area contributed by atoms with Crippen LogP contribution in [0, 0.1) is 23.7 Å². The maximum atomic E-state index is 14.5. The van der Waals surface area contributed by atoms with Crippen molar-refractivity contribution in [2.45, 2.75) is 262 Å². The molecular weight excluding hydrogens is 1860 g/mol. The maximum Gasteiger partial charge on any atom is 0.246 e. The first-order chi connectivity index (χ1) is 65.0. The molecule has 6 rings (SSSR count). The van der Waals surface area contributed by atoms with E-state index in [0.29, 0.717) is 36.8 Å². The Morgan fingerprint density at radius 3 is 1.22 bits per heavy atom. The standard InChI is InChI=1S/C45H69N11O12S.C43H66N12O12S2/c1-6-25(4)38-44(67)50-28(15-16-34(46)58)40(63)51-30(21-35(47)59)41(64)53-31(23-69-18-8-10-37(61)55(5)33(43(66)54-38)20-26-11-13-27(57)14-12-26)45(68)56-17-7-9-32(56)42(65)52-29(19-24(2)3)39(62)49-22-36(48)60;1-5-22(4)35-42(66)49-26(12-13-32(45)57)38(62)51-29(17-33(46)58)39(63)53-30(20-69-68-19-25(44)36(60)50-28(40(64)54-35)16-23-8-10-24(56)11-9-23)43(67)55-14-6-7-31(55)41(65)52-27(15-21(2)3)37(61)48-18-34(47)59/h11-14,24-25,28-33,38,57H,6-10,15-23H2,1-5H3,(H2,46,58)(H2,47,59)(H2,48,60)(H,49,62)(H,50,67)(H,51,63)(H,52,65)(H,53,64)(H,54,66);8-11,21-22,25-31,35,56H,5-7,12-20,44H2,1-4H3,(H2,45,57)(H2,46,58)(H2,47,59)(H,48,61)(H,49,66)(H,50,60)(H,51,62)(H,52,65)(H,53,63)(H,54,64)/t25-,28-,29-,30-,31-,32-,33-,38-;22-,25-,26-,27-,28-,29-,30-,31-,35-/m00/s1. The van der Waals surface area contributed by atoms with Gasteiger partial charge in [0.05, 0.1) is 32.0 Å². The number of phenolic OH excluding ortho intramolecular Hbond substituents is 2. The highest BCUT2D eigenvalue weighted by Gasteiger charge is 2.45. The number of nitrogens with zero attached hydrogens (tertiary/aromatic N) is 3. The minimum absolute atomic E-state index is 0.0112. The molecule has 0 radical (unpaired) electrons. The van der Waals surface area contributed by atoms with E-state index in [4.69, 9.17) is 40.1 Å². The minimum atomic E-state index is -1.75. The molecule has 4 aliphatic rings. The quantitative estimate of drug-likeness (QED) is 0.0290. The van der Waals surface area contributed by atoms with Gasteiger partial charge in [-0.3, -0.25) is 105 Å².